The topological polar surface area (TPSA) is 36.1 Å². The Balaban J connectivity index is 2.19. The van der Waals surface area contributed by atoms with Gasteiger partial charge in [0.25, 0.3) is 0 Å². The molecule has 92 valence electrons. The van der Waals surface area contributed by atoms with Crippen molar-refractivity contribution in [3.05, 3.63) is 70.2 Å². The van der Waals surface area contributed by atoms with E-state index in [1.165, 1.54) is 0 Å². The van der Waals surface area contributed by atoms with Crippen LogP contribution in [0.2, 0.25) is 0 Å². The first kappa shape index (κ1) is 13.3. The minimum absolute atomic E-state index is 0.568. The number of para-hydroxylation sites is 1. The minimum Gasteiger partial charge on any atom is -0.254 e. The van der Waals surface area contributed by atoms with Crippen LogP contribution in [0.5, 0.6) is 0 Å². The number of halogens is 1. The van der Waals surface area contributed by atoms with Gasteiger partial charge in [0, 0.05) is 10.7 Å². The smallest absolute Gasteiger partial charge is 0.101 e. The van der Waals surface area contributed by atoms with Crippen molar-refractivity contribution in [1.29, 1.82) is 5.26 Å². The average molecular weight is 311 g/mol. The number of hydrogen-bond donors (Lipinski definition) is 0. The molecule has 0 spiro atoms. The molecule has 0 bridgehead atoms. The van der Waals surface area contributed by atoms with Gasteiger partial charge in [-0.25, -0.2) is 0 Å². The van der Waals surface area contributed by atoms with Crippen LogP contribution in [-0.4, -0.2) is 6.21 Å². The summed E-state index contributed by atoms with van der Waals surface area (Å²) >= 11 is 3.45. The van der Waals surface area contributed by atoms with Crippen LogP contribution in [0.1, 0.15) is 11.1 Å². The predicted octanol–water partition coefficient (Wildman–Crippen LogP) is 4.70. The monoisotopic (exact) mass is 310 g/mol. The maximum Gasteiger partial charge on any atom is 0.101 e. The summed E-state index contributed by atoms with van der Waals surface area (Å²) in [7, 11) is 0. The van der Waals surface area contributed by atoms with Crippen molar-refractivity contribution in [3.8, 4) is 6.07 Å². The molecule has 0 amide bonds. The minimum atomic E-state index is 0.568. The Morgan fingerprint density at radius 1 is 1.05 bits per heavy atom. The molecular weight excluding hydrogens is 300 g/mol. The highest BCUT2D eigenvalue weighted by molar-refractivity contribution is 9.12. The molecule has 0 saturated heterocycles. The highest BCUT2D eigenvalue weighted by Gasteiger charge is 1.97. The third-order valence-corrected chi connectivity index (χ3v) is 2.89. The molecule has 3 heteroatoms. The molecule has 0 atom stereocenters. The molecule has 0 saturated carbocycles. The molecule has 0 heterocycles. The van der Waals surface area contributed by atoms with E-state index in [1.807, 2.05) is 54.6 Å². The predicted molar refractivity (Wildman–Crippen MR) is 82.7 cm³/mol. The normalized spacial score (nSPS) is 11.5. The Morgan fingerprint density at radius 2 is 1.74 bits per heavy atom. The number of nitrogens with zero attached hydrogens (tertiary/aromatic N) is 2. The standard InChI is InChI=1S/C16H11BrN2/c17-15(10-13-6-2-1-3-7-13)12-19-16-9-5-4-8-14(16)11-18/h1-10,12H/b15-10-,19-12?. The van der Waals surface area contributed by atoms with E-state index in [-0.39, 0.29) is 0 Å². The van der Waals surface area contributed by atoms with Gasteiger partial charge in [0.2, 0.25) is 0 Å². The Labute approximate surface area is 120 Å². The van der Waals surface area contributed by atoms with Gasteiger partial charge in [-0.1, -0.05) is 42.5 Å². The van der Waals surface area contributed by atoms with Gasteiger partial charge in [-0.05, 0) is 39.7 Å². The SMILES string of the molecule is N#Cc1ccccc1N=C/C(Br)=C/c1ccccc1. The molecule has 0 aliphatic carbocycles. The molecule has 0 radical (unpaired) electrons. The number of rotatable bonds is 3. The van der Waals surface area contributed by atoms with E-state index in [0.717, 1.165) is 10.0 Å². The zero-order chi connectivity index (χ0) is 13.5. The molecule has 19 heavy (non-hydrogen) atoms. The van der Waals surface area contributed by atoms with Crippen molar-refractivity contribution in [2.24, 2.45) is 4.99 Å². The van der Waals surface area contributed by atoms with Gasteiger partial charge < -0.3 is 0 Å². The molecule has 2 nitrogen and oxygen atoms in total. The van der Waals surface area contributed by atoms with Crippen LogP contribution in [0, 0.1) is 11.3 Å². The zero-order valence-corrected chi connectivity index (χ0v) is 11.7. The number of nitriles is 1. The van der Waals surface area contributed by atoms with E-state index in [9.17, 15) is 0 Å². The average Bonchev–Trinajstić information content (AvgIpc) is 2.46. The van der Waals surface area contributed by atoms with Gasteiger partial charge in [0.1, 0.15) is 6.07 Å². The third-order valence-electron chi connectivity index (χ3n) is 2.46. The first-order valence-corrected chi connectivity index (χ1v) is 6.54. The van der Waals surface area contributed by atoms with E-state index < -0.39 is 0 Å². The third kappa shape index (κ3) is 3.90. The van der Waals surface area contributed by atoms with Crippen molar-refractivity contribution in [2.75, 3.05) is 0 Å². The Morgan fingerprint density at radius 3 is 2.47 bits per heavy atom. The van der Waals surface area contributed by atoms with Crippen molar-refractivity contribution in [1.82, 2.24) is 0 Å². The number of hydrogen-bond acceptors (Lipinski definition) is 2. The van der Waals surface area contributed by atoms with E-state index >= 15 is 0 Å². The quantitative estimate of drug-likeness (QED) is 0.757. The lowest BCUT2D eigenvalue weighted by molar-refractivity contribution is 1.44. The molecule has 0 aliphatic rings. The fourth-order valence-corrected chi connectivity index (χ4v) is 1.92. The molecule has 0 aromatic heterocycles. The highest BCUT2D eigenvalue weighted by Crippen LogP contribution is 2.18. The fourth-order valence-electron chi connectivity index (χ4n) is 1.56. The highest BCUT2D eigenvalue weighted by atomic mass is 79.9. The van der Waals surface area contributed by atoms with Crippen LogP contribution >= 0.6 is 15.9 Å². The lowest BCUT2D eigenvalue weighted by atomic mass is 10.2. The van der Waals surface area contributed by atoms with E-state index in [1.54, 1.807) is 12.3 Å². The summed E-state index contributed by atoms with van der Waals surface area (Å²) in [6.45, 7) is 0. The van der Waals surface area contributed by atoms with Crippen molar-refractivity contribution < 1.29 is 0 Å². The summed E-state index contributed by atoms with van der Waals surface area (Å²) in [5.74, 6) is 0. The molecule has 0 aliphatic heterocycles. The summed E-state index contributed by atoms with van der Waals surface area (Å²) in [5.41, 5.74) is 2.33. The maximum absolute atomic E-state index is 8.97. The van der Waals surface area contributed by atoms with Crippen LogP contribution in [0.25, 0.3) is 6.08 Å². The Hall–Kier alpha value is -2.18. The molecule has 0 unspecified atom stereocenters. The van der Waals surface area contributed by atoms with E-state index in [0.29, 0.717) is 11.3 Å². The van der Waals surface area contributed by atoms with Gasteiger partial charge in [-0.2, -0.15) is 5.26 Å². The lowest BCUT2D eigenvalue weighted by Gasteiger charge is -1.96. The Bertz CT molecular complexity index is 652. The van der Waals surface area contributed by atoms with Crippen molar-refractivity contribution in [3.63, 3.8) is 0 Å². The second-order valence-corrected chi connectivity index (χ2v) is 4.74. The fraction of sp³-hybridized carbons (Fsp3) is 0. The van der Waals surface area contributed by atoms with Crippen LogP contribution in [0.3, 0.4) is 0 Å². The first-order chi connectivity index (χ1) is 9.29. The maximum atomic E-state index is 8.97. The summed E-state index contributed by atoms with van der Waals surface area (Å²) in [5, 5.41) is 8.97. The van der Waals surface area contributed by atoms with Crippen molar-refractivity contribution in [2.45, 2.75) is 0 Å². The summed E-state index contributed by atoms with van der Waals surface area (Å²) in [6, 6.07) is 19.3. The largest absolute Gasteiger partial charge is 0.254 e. The van der Waals surface area contributed by atoms with Gasteiger partial charge in [0.15, 0.2) is 0 Å². The summed E-state index contributed by atoms with van der Waals surface area (Å²) < 4.78 is 0.853. The molecule has 2 aromatic rings. The number of aliphatic imine (C=N–C) groups is 1. The van der Waals surface area contributed by atoms with Gasteiger partial charge >= 0.3 is 0 Å². The van der Waals surface area contributed by atoms with Gasteiger partial charge in [-0.3, -0.25) is 4.99 Å². The van der Waals surface area contributed by atoms with Gasteiger partial charge in [0.05, 0.1) is 11.3 Å². The second-order valence-electron chi connectivity index (χ2n) is 3.83. The summed E-state index contributed by atoms with van der Waals surface area (Å²) in [6.07, 6.45) is 3.67. The molecule has 0 N–H and O–H groups in total. The first-order valence-electron chi connectivity index (χ1n) is 5.75. The van der Waals surface area contributed by atoms with E-state index in [2.05, 4.69) is 27.0 Å². The van der Waals surface area contributed by atoms with Crippen LogP contribution in [0.4, 0.5) is 5.69 Å². The van der Waals surface area contributed by atoms with E-state index in [4.69, 9.17) is 5.26 Å². The number of benzene rings is 2. The molecule has 0 fully saturated rings. The van der Waals surface area contributed by atoms with Crippen LogP contribution < -0.4 is 0 Å². The second kappa shape index (κ2) is 6.67. The summed E-state index contributed by atoms with van der Waals surface area (Å²) in [4.78, 5) is 4.31. The molecule has 2 rings (SSSR count). The molecule has 2 aromatic carbocycles. The van der Waals surface area contributed by atoms with Crippen LogP contribution in [0.15, 0.2) is 64.1 Å². The van der Waals surface area contributed by atoms with Crippen LogP contribution in [-0.2, 0) is 0 Å². The zero-order valence-electron chi connectivity index (χ0n) is 10.1. The van der Waals surface area contributed by atoms with Crippen molar-refractivity contribution >= 4 is 33.9 Å². The van der Waals surface area contributed by atoms with Gasteiger partial charge in [-0.15, -0.1) is 0 Å². The Kier molecular flexibility index (Phi) is 4.66. The lowest BCUT2D eigenvalue weighted by Crippen LogP contribution is -1.78. The number of allylic oxidation sites excluding steroid dienone is 1. The molecular formula is C16H11BrN2.